The number of rotatable bonds is 3. The van der Waals surface area contributed by atoms with Crippen molar-refractivity contribution >= 4 is 0 Å². The monoisotopic (exact) mass is 324 g/mol. The van der Waals surface area contributed by atoms with E-state index in [4.69, 9.17) is 9.26 Å². The maximum Gasteiger partial charge on any atom is 0.139 e. The summed E-state index contributed by atoms with van der Waals surface area (Å²) in [5.41, 5.74) is 6.54. The predicted octanol–water partition coefficient (Wildman–Crippen LogP) is 4.56. The summed E-state index contributed by atoms with van der Waals surface area (Å²) in [6.45, 7) is 4.05. The lowest BCUT2D eigenvalue weighted by molar-refractivity contribution is 0.390. The second kappa shape index (κ2) is 6.00. The highest BCUT2D eigenvalue weighted by Crippen LogP contribution is 2.49. The molecule has 0 spiro atoms. The Kier molecular flexibility index (Phi) is 3.83. The fourth-order valence-corrected chi connectivity index (χ4v) is 4.29. The van der Waals surface area contributed by atoms with E-state index < -0.39 is 0 Å². The van der Waals surface area contributed by atoms with Gasteiger partial charge in [-0.1, -0.05) is 17.3 Å². The van der Waals surface area contributed by atoms with E-state index in [0.29, 0.717) is 5.92 Å². The van der Waals surface area contributed by atoms with E-state index in [0.717, 1.165) is 23.6 Å². The van der Waals surface area contributed by atoms with E-state index in [-0.39, 0.29) is 6.04 Å². The normalized spacial score (nSPS) is 23.1. The molecule has 2 unspecified atom stereocenters. The van der Waals surface area contributed by atoms with Gasteiger partial charge in [-0.25, -0.2) is 0 Å². The topological polar surface area (TPSA) is 47.3 Å². The van der Waals surface area contributed by atoms with E-state index >= 15 is 0 Å². The van der Waals surface area contributed by atoms with Crippen molar-refractivity contribution in [1.82, 2.24) is 10.5 Å². The second-order valence-electron chi connectivity index (χ2n) is 6.82. The lowest BCUT2D eigenvalue weighted by Gasteiger charge is -2.24. The number of hydrogen-bond donors (Lipinski definition) is 1. The number of benzene rings is 1. The summed E-state index contributed by atoms with van der Waals surface area (Å²) in [6, 6.07) is 8.72. The van der Waals surface area contributed by atoms with Gasteiger partial charge in [0.1, 0.15) is 11.5 Å². The molecule has 0 saturated carbocycles. The summed E-state index contributed by atoms with van der Waals surface area (Å²) in [6.07, 6.45) is 4.89. The Morgan fingerprint density at radius 2 is 1.88 bits per heavy atom. The van der Waals surface area contributed by atoms with Crippen molar-refractivity contribution in [2.45, 2.75) is 51.5 Å². The molecule has 1 aliphatic heterocycles. The van der Waals surface area contributed by atoms with Crippen LogP contribution in [0.15, 0.2) is 40.1 Å². The molecule has 4 nitrogen and oxygen atoms in total. The van der Waals surface area contributed by atoms with Crippen molar-refractivity contribution in [1.29, 1.82) is 0 Å². The molecule has 0 radical (unpaired) electrons. The zero-order chi connectivity index (χ0) is 16.7. The Morgan fingerprint density at radius 1 is 1.12 bits per heavy atom. The van der Waals surface area contributed by atoms with E-state index in [9.17, 15) is 0 Å². The smallest absolute Gasteiger partial charge is 0.139 e. The number of hydrogen-bond acceptors (Lipinski definition) is 4. The van der Waals surface area contributed by atoms with Gasteiger partial charge in [-0.15, -0.1) is 0 Å². The fraction of sp³-hybridized carbons (Fsp3) is 0.450. The van der Waals surface area contributed by atoms with Crippen LogP contribution < -0.4 is 10.1 Å². The number of nitrogens with zero attached hydrogens (tertiary/aromatic N) is 1. The van der Waals surface area contributed by atoms with Gasteiger partial charge in [0.05, 0.1) is 18.8 Å². The third-order valence-corrected chi connectivity index (χ3v) is 5.42. The summed E-state index contributed by atoms with van der Waals surface area (Å²) < 4.78 is 10.8. The Bertz CT molecular complexity index is 754. The van der Waals surface area contributed by atoms with E-state index in [1.807, 2.05) is 13.8 Å². The van der Waals surface area contributed by atoms with Crippen LogP contribution in [0.3, 0.4) is 0 Å². The van der Waals surface area contributed by atoms with Gasteiger partial charge in [0.15, 0.2) is 0 Å². The molecule has 2 aliphatic rings. The molecule has 1 aliphatic carbocycles. The van der Waals surface area contributed by atoms with Crippen LogP contribution in [0, 0.1) is 13.8 Å². The average Bonchev–Trinajstić information content (AvgIpc) is 3.14. The maximum atomic E-state index is 5.45. The van der Waals surface area contributed by atoms with Gasteiger partial charge in [0.2, 0.25) is 0 Å². The first-order valence-corrected chi connectivity index (χ1v) is 8.74. The highest BCUT2D eigenvalue weighted by Gasteiger charge is 2.39. The van der Waals surface area contributed by atoms with Crippen LogP contribution >= 0.6 is 0 Å². The molecule has 126 valence electrons. The first kappa shape index (κ1) is 15.3. The zero-order valence-corrected chi connectivity index (χ0v) is 14.6. The standard InChI is InChI=1S/C20H24N2O2/c1-12-18(13(2)24-22-12)20-19(14-8-10-15(23-3)11-9-14)16-6-4-5-7-17(16)21-20/h8-11,19-21H,4-7H2,1-3H3. The van der Waals surface area contributed by atoms with Crippen LogP contribution in [-0.2, 0) is 0 Å². The number of allylic oxidation sites excluding steroid dienone is 1. The van der Waals surface area contributed by atoms with Crippen molar-refractivity contribution in [3.8, 4) is 5.75 Å². The average molecular weight is 324 g/mol. The van der Waals surface area contributed by atoms with Gasteiger partial charge >= 0.3 is 0 Å². The minimum atomic E-state index is 0.216. The molecule has 0 fully saturated rings. The van der Waals surface area contributed by atoms with Crippen molar-refractivity contribution in [3.63, 3.8) is 0 Å². The van der Waals surface area contributed by atoms with Gasteiger partial charge < -0.3 is 14.6 Å². The molecule has 1 aromatic carbocycles. The third-order valence-electron chi connectivity index (χ3n) is 5.42. The number of nitrogens with one attached hydrogen (secondary N) is 1. The van der Waals surface area contributed by atoms with Crippen LogP contribution in [0.4, 0.5) is 0 Å². The number of methoxy groups -OCH3 is 1. The summed E-state index contributed by atoms with van der Waals surface area (Å²) in [7, 11) is 1.71. The second-order valence-corrected chi connectivity index (χ2v) is 6.82. The lowest BCUT2D eigenvalue weighted by atomic mass is 9.80. The van der Waals surface area contributed by atoms with Gasteiger partial charge in [0, 0.05) is 17.2 Å². The first-order valence-electron chi connectivity index (χ1n) is 8.74. The van der Waals surface area contributed by atoms with Crippen molar-refractivity contribution in [2.24, 2.45) is 0 Å². The molecule has 0 bridgehead atoms. The summed E-state index contributed by atoms with van der Waals surface area (Å²) in [5.74, 6) is 2.17. The van der Waals surface area contributed by atoms with E-state index in [1.54, 1.807) is 12.7 Å². The molecule has 24 heavy (non-hydrogen) atoms. The van der Waals surface area contributed by atoms with Crippen LogP contribution in [0.2, 0.25) is 0 Å². The molecule has 1 aromatic heterocycles. The summed E-state index contributed by atoms with van der Waals surface area (Å²) >= 11 is 0. The molecule has 2 heterocycles. The minimum Gasteiger partial charge on any atom is -0.497 e. The maximum absolute atomic E-state index is 5.45. The van der Waals surface area contributed by atoms with Crippen molar-refractivity contribution in [3.05, 3.63) is 58.1 Å². The molecule has 4 heteroatoms. The molecular formula is C20H24N2O2. The molecule has 0 saturated heterocycles. The minimum absolute atomic E-state index is 0.216. The van der Waals surface area contributed by atoms with Gasteiger partial charge in [-0.3, -0.25) is 0 Å². The molecule has 0 amide bonds. The molecule has 2 aromatic rings. The lowest BCUT2D eigenvalue weighted by Crippen LogP contribution is -2.20. The van der Waals surface area contributed by atoms with Crippen molar-refractivity contribution < 1.29 is 9.26 Å². The Hall–Kier alpha value is -2.23. The number of aromatic nitrogens is 1. The highest BCUT2D eigenvalue weighted by atomic mass is 16.5. The summed E-state index contributed by atoms with van der Waals surface area (Å²) in [4.78, 5) is 0. The zero-order valence-electron chi connectivity index (χ0n) is 14.6. The largest absolute Gasteiger partial charge is 0.497 e. The molecular weight excluding hydrogens is 300 g/mol. The Morgan fingerprint density at radius 3 is 2.54 bits per heavy atom. The van der Waals surface area contributed by atoms with Crippen LogP contribution in [0.5, 0.6) is 5.75 Å². The first-order chi connectivity index (χ1) is 11.7. The number of aryl methyl sites for hydroxylation is 2. The highest BCUT2D eigenvalue weighted by molar-refractivity contribution is 5.45. The van der Waals surface area contributed by atoms with Gasteiger partial charge in [-0.05, 0) is 62.8 Å². The van der Waals surface area contributed by atoms with Crippen LogP contribution in [-0.4, -0.2) is 12.3 Å². The fourth-order valence-electron chi connectivity index (χ4n) is 4.29. The van der Waals surface area contributed by atoms with E-state index in [2.05, 4.69) is 34.7 Å². The SMILES string of the molecule is COc1ccc(C2C3=C(CCCC3)NC2c2c(C)noc2C)cc1. The summed E-state index contributed by atoms with van der Waals surface area (Å²) in [5, 5.41) is 7.98. The predicted molar refractivity (Wildman–Crippen MR) is 93.1 cm³/mol. The van der Waals surface area contributed by atoms with Crippen molar-refractivity contribution in [2.75, 3.05) is 7.11 Å². The van der Waals surface area contributed by atoms with Crippen LogP contribution in [0.25, 0.3) is 0 Å². The molecule has 2 atom stereocenters. The molecule has 4 rings (SSSR count). The van der Waals surface area contributed by atoms with Gasteiger partial charge in [-0.2, -0.15) is 0 Å². The Labute approximate surface area is 142 Å². The Balaban J connectivity index is 1.79. The third kappa shape index (κ3) is 2.41. The van der Waals surface area contributed by atoms with E-state index in [1.165, 1.54) is 36.1 Å². The quantitative estimate of drug-likeness (QED) is 0.899. The van der Waals surface area contributed by atoms with Crippen LogP contribution in [0.1, 0.15) is 60.2 Å². The number of ether oxygens (including phenoxy) is 1. The van der Waals surface area contributed by atoms with Gasteiger partial charge in [0.25, 0.3) is 0 Å². The molecule has 1 N–H and O–H groups in total.